The first kappa shape index (κ1) is 25.8. The van der Waals surface area contributed by atoms with Crippen molar-refractivity contribution in [2.45, 2.75) is 39.5 Å². The highest BCUT2D eigenvalue weighted by atomic mass is 32.2. The molecule has 2 rings (SSSR count). The van der Waals surface area contributed by atoms with E-state index in [1.807, 2.05) is 12.1 Å². The number of likely N-dealkylation sites (N-methyl/N-ethyl adjacent to an activating group) is 1. The minimum Gasteiger partial charge on any atom is -0.492 e. The van der Waals surface area contributed by atoms with Crippen molar-refractivity contribution in [2.24, 2.45) is 0 Å². The van der Waals surface area contributed by atoms with E-state index in [-0.39, 0.29) is 10.8 Å². The Kier molecular flexibility index (Phi) is 9.68. The standard InChI is InChI=1S/C24H35N3O4S/c1-6-26(7-2)16-17-31-22-14-12-21(13-15-22)25-24(28)20-11-10-19(5)23(18-20)32(29,30)27(8-3)9-4/h10-15,18H,6-9,16-17H2,1-5H3,(H,25,28). The minimum absolute atomic E-state index is 0.158. The van der Waals surface area contributed by atoms with Gasteiger partial charge in [0.05, 0.1) is 4.90 Å². The third-order valence-electron chi connectivity index (χ3n) is 5.46. The summed E-state index contributed by atoms with van der Waals surface area (Å²) in [6.45, 7) is 13.7. The predicted molar refractivity (Wildman–Crippen MR) is 129 cm³/mol. The van der Waals surface area contributed by atoms with E-state index in [1.165, 1.54) is 10.4 Å². The van der Waals surface area contributed by atoms with Gasteiger partial charge >= 0.3 is 0 Å². The van der Waals surface area contributed by atoms with Crippen LogP contribution in [0.3, 0.4) is 0 Å². The van der Waals surface area contributed by atoms with Gasteiger partial charge in [-0.15, -0.1) is 0 Å². The maximum atomic E-state index is 12.9. The number of amides is 1. The molecular weight excluding hydrogens is 426 g/mol. The number of hydrogen-bond donors (Lipinski definition) is 1. The lowest BCUT2D eigenvalue weighted by molar-refractivity contribution is 0.102. The molecule has 2 aromatic carbocycles. The van der Waals surface area contributed by atoms with Crippen molar-refractivity contribution < 1.29 is 17.9 Å². The topological polar surface area (TPSA) is 79.0 Å². The number of ether oxygens (including phenoxy) is 1. The molecule has 0 aliphatic heterocycles. The van der Waals surface area contributed by atoms with E-state index in [2.05, 4.69) is 24.1 Å². The quantitative estimate of drug-likeness (QED) is 0.517. The first-order chi connectivity index (χ1) is 15.3. The molecule has 0 radical (unpaired) electrons. The number of nitrogens with one attached hydrogen (secondary N) is 1. The molecule has 32 heavy (non-hydrogen) atoms. The maximum absolute atomic E-state index is 12.9. The van der Waals surface area contributed by atoms with Crippen molar-refractivity contribution in [1.82, 2.24) is 9.21 Å². The van der Waals surface area contributed by atoms with Crippen molar-refractivity contribution in [2.75, 3.05) is 44.6 Å². The van der Waals surface area contributed by atoms with E-state index in [9.17, 15) is 13.2 Å². The Bertz CT molecular complexity index is 983. The van der Waals surface area contributed by atoms with E-state index in [0.29, 0.717) is 36.5 Å². The lowest BCUT2D eigenvalue weighted by Crippen LogP contribution is -2.31. The SMILES string of the molecule is CCN(CC)CCOc1ccc(NC(=O)c2ccc(C)c(S(=O)(=O)N(CC)CC)c2)cc1. The first-order valence-corrected chi connectivity index (χ1v) is 12.6. The molecule has 0 unspecified atom stereocenters. The van der Waals surface area contributed by atoms with Gasteiger partial charge in [-0.05, 0) is 62.0 Å². The highest BCUT2D eigenvalue weighted by Crippen LogP contribution is 2.22. The van der Waals surface area contributed by atoms with Gasteiger partial charge in [-0.3, -0.25) is 4.79 Å². The van der Waals surface area contributed by atoms with Gasteiger partial charge in [-0.25, -0.2) is 8.42 Å². The summed E-state index contributed by atoms with van der Waals surface area (Å²) in [4.78, 5) is 15.2. The second kappa shape index (κ2) is 12.0. The van der Waals surface area contributed by atoms with Gasteiger partial charge in [0, 0.05) is 30.9 Å². The number of aryl methyl sites for hydroxylation is 1. The van der Waals surface area contributed by atoms with Crippen LogP contribution >= 0.6 is 0 Å². The number of carbonyl (C=O) groups is 1. The van der Waals surface area contributed by atoms with Gasteiger partial charge in [0.15, 0.2) is 0 Å². The van der Waals surface area contributed by atoms with Crippen molar-refractivity contribution in [1.29, 1.82) is 0 Å². The molecule has 1 N–H and O–H groups in total. The summed E-state index contributed by atoms with van der Waals surface area (Å²) in [6, 6.07) is 11.9. The molecule has 2 aromatic rings. The average Bonchev–Trinajstić information content (AvgIpc) is 2.78. The van der Waals surface area contributed by atoms with Crippen molar-refractivity contribution in [3.8, 4) is 5.75 Å². The summed E-state index contributed by atoms with van der Waals surface area (Å²) in [5.74, 6) is 0.370. The fraction of sp³-hybridized carbons (Fsp3) is 0.458. The predicted octanol–water partition coefficient (Wildman–Crippen LogP) is 4.00. The zero-order valence-corrected chi connectivity index (χ0v) is 20.5. The van der Waals surface area contributed by atoms with Crippen LogP contribution in [0, 0.1) is 6.92 Å². The minimum atomic E-state index is -3.65. The highest BCUT2D eigenvalue weighted by molar-refractivity contribution is 7.89. The van der Waals surface area contributed by atoms with E-state index in [4.69, 9.17) is 4.74 Å². The molecule has 0 heterocycles. The van der Waals surface area contributed by atoms with Crippen LogP contribution in [0.1, 0.15) is 43.6 Å². The van der Waals surface area contributed by atoms with Crippen LogP contribution in [0.15, 0.2) is 47.4 Å². The van der Waals surface area contributed by atoms with Gasteiger partial charge in [-0.1, -0.05) is 33.8 Å². The molecule has 0 aliphatic carbocycles. The van der Waals surface area contributed by atoms with Crippen LogP contribution in [-0.4, -0.2) is 62.9 Å². The summed E-state index contributed by atoms with van der Waals surface area (Å²) in [7, 11) is -3.65. The normalized spacial score (nSPS) is 11.7. The third kappa shape index (κ3) is 6.54. The van der Waals surface area contributed by atoms with Gasteiger partial charge in [0.2, 0.25) is 10.0 Å². The third-order valence-corrected chi connectivity index (χ3v) is 7.65. The maximum Gasteiger partial charge on any atom is 0.255 e. The van der Waals surface area contributed by atoms with Gasteiger partial charge in [0.25, 0.3) is 5.91 Å². The van der Waals surface area contributed by atoms with Crippen molar-refractivity contribution in [3.05, 3.63) is 53.6 Å². The lowest BCUT2D eigenvalue weighted by atomic mass is 10.1. The number of carbonyl (C=O) groups excluding carboxylic acids is 1. The summed E-state index contributed by atoms with van der Waals surface area (Å²) in [5.41, 5.74) is 1.51. The number of benzene rings is 2. The highest BCUT2D eigenvalue weighted by Gasteiger charge is 2.24. The molecule has 176 valence electrons. The fourth-order valence-electron chi connectivity index (χ4n) is 3.39. The summed E-state index contributed by atoms with van der Waals surface area (Å²) in [5, 5.41) is 2.82. The summed E-state index contributed by atoms with van der Waals surface area (Å²) in [6.07, 6.45) is 0. The lowest BCUT2D eigenvalue weighted by Gasteiger charge is -2.20. The Morgan fingerprint density at radius 2 is 1.56 bits per heavy atom. The van der Waals surface area contributed by atoms with Crippen LogP contribution in [0.4, 0.5) is 5.69 Å². The van der Waals surface area contributed by atoms with Crippen LogP contribution < -0.4 is 10.1 Å². The van der Waals surface area contributed by atoms with Crippen LogP contribution in [0.5, 0.6) is 5.75 Å². The van der Waals surface area contributed by atoms with E-state index in [1.54, 1.807) is 45.0 Å². The van der Waals surface area contributed by atoms with Crippen LogP contribution in [-0.2, 0) is 10.0 Å². The molecule has 0 aliphatic rings. The second-order valence-electron chi connectivity index (χ2n) is 7.42. The Morgan fingerprint density at radius 3 is 2.12 bits per heavy atom. The Balaban J connectivity index is 2.08. The molecule has 0 aromatic heterocycles. The first-order valence-electron chi connectivity index (χ1n) is 11.1. The second-order valence-corrected chi connectivity index (χ2v) is 9.33. The number of anilines is 1. The molecule has 8 heteroatoms. The van der Waals surface area contributed by atoms with Gasteiger partial charge in [0.1, 0.15) is 12.4 Å². The molecular formula is C24H35N3O4S. The van der Waals surface area contributed by atoms with E-state index < -0.39 is 10.0 Å². The average molecular weight is 462 g/mol. The van der Waals surface area contributed by atoms with Crippen LogP contribution in [0.2, 0.25) is 0 Å². The van der Waals surface area contributed by atoms with E-state index in [0.717, 1.165) is 25.4 Å². The van der Waals surface area contributed by atoms with Crippen molar-refractivity contribution in [3.63, 3.8) is 0 Å². The molecule has 0 saturated heterocycles. The number of rotatable bonds is 12. The van der Waals surface area contributed by atoms with Crippen LogP contribution in [0.25, 0.3) is 0 Å². The van der Waals surface area contributed by atoms with E-state index >= 15 is 0 Å². The Morgan fingerprint density at radius 1 is 0.938 bits per heavy atom. The summed E-state index contributed by atoms with van der Waals surface area (Å²) >= 11 is 0. The molecule has 0 bridgehead atoms. The number of hydrogen-bond acceptors (Lipinski definition) is 5. The summed E-state index contributed by atoms with van der Waals surface area (Å²) < 4.78 is 33.0. The van der Waals surface area contributed by atoms with Crippen molar-refractivity contribution >= 4 is 21.6 Å². The molecule has 1 amide bonds. The van der Waals surface area contributed by atoms with Gasteiger partial charge in [-0.2, -0.15) is 4.31 Å². The molecule has 0 saturated carbocycles. The number of sulfonamides is 1. The zero-order valence-electron chi connectivity index (χ0n) is 19.7. The zero-order chi connectivity index (χ0) is 23.7. The Hall–Kier alpha value is -2.42. The Labute approximate surface area is 192 Å². The molecule has 7 nitrogen and oxygen atoms in total. The molecule has 0 spiro atoms. The molecule has 0 fully saturated rings. The molecule has 0 atom stereocenters. The fourth-order valence-corrected chi connectivity index (χ4v) is 5.10. The van der Waals surface area contributed by atoms with Gasteiger partial charge < -0.3 is 15.0 Å². The largest absolute Gasteiger partial charge is 0.492 e. The monoisotopic (exact) mass is 461 g/mol. The smallest absolute Gasteiger partial charge is 0.255 e. The number of nitrogens with zero attached hydrogens (tertiary/aromatic N) is 2.